The number of fused-ring (bicyclic) bond motifs is 1. The largest absolute Gasteiger partial charge is 0.495 e. The van der Waals surface area contributed by atoms with E-state index in [2.05, 4.69) is 46.9 Å². The molecule has 1 aliphatic rings. The lowest BCUT2D eigenvalue weighted by Gasteiger charge is -2.23. The zero-order valence-electron chi connectivity index (χ0n) is 17.5. The molecule has 1 atom stereocenters. The zero-order chi connectivity index (χ0) is 20.7. The van der Waals surface area contributed by atoms with Gasteiger partial charge in [0.15, 0.2) is 5.82 Å². The lowest BCUT2D eigenvalue weighted by Crippen LogP contribution is -2.18. The van der Waals surface area contributed by atoms with Crippen LogP contribution in [0.3, 0.4) is 0 Å². The maximum Gasteiger partial charge on any atom is 0.181 e. The van der Waals surface area contributed by atoms with E-state index in [1.54, 1.807) is 13.4 Å². The Morgan fingerprint density at radius 1 is 1.10 bits per heavy atom. The highest BCUT2D eigenvalue weighted by atomic mass is 16.5. The van der Waals surface area contributed by atoms with Crippen LogP contribution in [-0.4, -0.2) is 31.4 Å². The number of benzene rings is 2. The van der Waals surface area contributed by atoms with Gasteiger partial charge in [-0.25, -0.2) is 14.6 Å². The molecule has 6 nitrogen and oxygen atoms in total. The smallest absolute Gasteiger partial charge is 0.181 e. The first-order chi connectivity index (χ1) is 14.6. The fraction of sp³-hybridized carbons (Fsp3) is 0.292. The van der Waals surface area contributed by atoms with Gasteiger partial charge >= 0.3 is 0 Å². The van der Waals surface area contributed by atoms with Crippen molar-refractivity contribution in [2.45, 2.75) is 39.2 Å². The van der Waals surface area contributed by atoms with Gasteiger partial charge in [0.1, 0.15) is 11.6 Å². The fourth-order valence-electron chi connectivity index (χ4n) is 4.33. The van der Waals surface area contributed by atoms with Gasteiger partial charge in [0.25, 0.3) is 0 Å². The summed E-state index contributed by atoms with van der Waals surface area (Å²) in [6.45, 7) is 5.06. The number of ether oxygens (including phenoxy) is 1. The first-order valence-corrected chi connectivity index (χ1v) is 10.3. The Balaban J connectivity index is 1.54. The molecular weight excluding hydrogens is 374 g/mol. The van der Waals surface area contributed by atoms with Crippen molar-refractivity contribution in [2.75, 3.05) is 7.11 Å². The van der Waals surface area contributed by atoms with E-state index in [-0.39, 0.29) is 5.92 Å². The van der Waals surface area contributed by atoms with E-state index < -0.39 is 0 Å². The fourth-order valence-corrected chi connectivity index (χ4v) is 4.33. The van der Waals surface area contributed by atoms with Gasteiger partial charge < -0.3 is 9.30 Å². The van der Waals surface area contributed by atoms with Crippen molar-refractivity contribution in [3.63, 3.8) is 0 Å². The van der Waals surface area contributed by atoms with Gasteiger partial charge in [0, 0.05) is 24.2 Å². The summed E-state index contributed by atoms with van der Waals surface area (Å²) in [4.78, 5) is 9.30. The molecule has 0 radical (unpaired) electrons. The van der Waals surface area contributed by atoms with Gasteiger partial charge in [0.2, 0.25) is 0 Å². The molecule has 1 aliphatic heterocycles. The van der Waals surface area contributed by atoms with E-state index >= 15 is 0 Å². The van der Waals surface area contributed by atoms with Crippen molar-refractivity contribution in [3.05, 3.63) is 77.6 Å². The number of hydrogen-bond donors (Lipinski definition) is 0. The number of rotatable bonds is 4. The maximum absolute atomic E-state index is 5.67. The second-order valence-corrected chi connectivity index (χ2v) is 7.88. The summed E-state index contributed by atoms with van der Waals surface area (Å²) in [6, 6.07) is 14.7. The Hall–Kier alpha value is -3.41. The summed E-state index contributed by atoms with van der Waals surface area (Å²) in [6.07, 6.45) is 5.99. The van der Waals surface area contributed by atoms with Crippen molar-refractivity contribution < 1.29 is 4.74 Å². The number of methoxy groups -OCH3 is 1. The minimum absolute atomic E-state index is 0.288. The second-order valence-electron chi connectivity index (χ2n) is 7.88. The molecule has 4 aromatic rings. The summed E-state index contributed by atoms with van der Waals surface area (Å²) in [5, 5.41) is 4.84. The summed E-state index contributed by atoms with van der Waals surface area (Å²) >= 11 is 0. The van der Waals surface area contributed by atoms with E-state index in [4.69, 9.17) is 14.8 Å². The quantitative estimate of drug-likeness (QED) is 0.500. The molecule has 0 saturated heterocycles. The van der Waals surface area contributed by atoms with Crippen LogP contribution in [0.5, 0.6) is 5.75 Å². The van der Waals surface area contributed by atoms with Crippen molar-refractivity contribution in [1.29, 1.82) is 0 Å². The molecule has 3 heterocycles. The SMILES string of the molecule is COc1cc(-c2nc3n(n2)CCCC3c2ccccc2C)ccc1-n1cnc(C)c1. The Morgan fingerprint density at radius 2 is 1.97 bits per heavy atom. The second kappa shape index (κ2) is 7.44. The molecule has 0 aliphatic carbocycles. The molecule has 0 bridgehead atoms. The van der Waals surface area contributed by atoms with Crippen LogP contribution in [0.4, 0.5) is 0 Å². The first kappa shape index (κ1) is 18.6. The maximum atomic E-state index is 5.67. The van der Waals surface area contributed by atoms with E-state index in [1.165, 1.54) is 11.1 Å². The summed E-state index contributed by atoms with van der Waals surface area (Å²) < 4.78 is 9.72. The van der Waals surface area contributed by atoms with Gasteiger partial charge in [-0.1, -0.05) is 24.3 Å². The Bertz CT molecular complexity index is 1210. The molecule has 0 fully saturated rings. The van der Waals surface area contributed by atoms with Crippen LogP contribution in [0.25, 0.3) is 17.1 Å². The molecule has 0 saturated carbocycles. The number of nitrogens with zero attached hydrogens (tertiary/aromatic N) is 5. The Morgan fingerprint density at radius 3 is 2.73 bits per heavy atom. The molecule has 0 N–H and O–H groups in total. The van der Waals surface area contributed by atoms with Gasteiger partial charge in [-0.05, 0) is 56.0 Å². The van der Waals surface area contributed by atoms with Crippen molar-refractivity contribution in [2.24, 2.45) is 0 Å². The molecular formula is C24H25N5O. The Labute approximate surface area is 176 Å². The third-order valence-corrected chi connectivity index (χ3v) is 5.87. The zero-order valence-corrected chi connectivity index (χ0v) is 17.5. The first-order valence-electron chi connectivity index (χ1n) is 10.3. The van der Waals surface area contributed by atoms with Crippen LogP contribution in [-0.2, 0) is 6.54 Å². The minimum atomic E-state index is 0.288. The van der Waals surface area contributed by atoms with Crippen LogP contribution in [0.15, 0.2) is 55.0 Å². The van der Waals surface area contributed by atoms with Gasteiger partial charge in [-0.2, -0.15) is 5.10 Å². The molecule has 5 rings (SSSR count). The molecule has 6 heteroatoms. The normalized spacial score (nSPS) is 15.8. The standard InChI is InChI=1S/C24H25N5O/c1-16-7-4-5-8-19(16)20-9-6-12-29-24(20)26-23(27-29)18-10-11-21(22(13-18)30-3)28-14-17(2)25-15-28/h4-5,7-8,10-11,13-15,20H,6,9,12H2,1-3H3. The van der Waals surface area contributed by atoms with E-state index in [9.17, 15) is 0 Å². The van der Waals surface area contributed by atoms with E-state index in [0.717, 1.165) is 53.7 Å². The molecule has 152 valence electrons. The van der Waals surface area contributed by atoms with Crippen LogP contribution >= 0.6 is 0 Å². The third-order valence-electron chi connectivity index (χ3n) is 5.87. The average Bonchev–Trinajstić information content (AvgIpc) is 3.40. The Kier molecular flexibility index (Phi) is 4.62. The van der Waals surface area contributed by atoms with Crippen LogP contribution < -0.4 is 4.74 Å². The predicted octanol–water partition coefficient (Wildman–Crippen LogP) is 4.68. The van der Waals surface area contributed by atoms with Crippen LogP contribution in [0.1, 0.15) is 41.4 Å². The van der Waals surface area contributed by atoms with Crippen molar-refractivity contribution in [1.82, 2.24) is 24.3 Å². The number of aromatic nitrogens is 5. The number of hydrogen-bond acceptors (Lipinski definition) is 4. The van der Waals surface area contributed by atoms with E-state index in [1.807, 2.05) is 29.8 Å². The topological polar surface area (TPSA) is 57.8 Å². The molecule has 1 unspecified atom stereocenters. The monoisotopic (exact) mass is 399 g/mol. The van der Waals surface area contributed by atoms with Crippen molar-refractivity contribution >= 4 is 0 Å². The van der Waals surface area contributed by atoms with E-state index in [0.29, 0.717) is 0 Å². The molecule has 0 spiro atoms. The molecule has 2 aromatic carbocycles. The average molecular weight is 399 g/mol. The lowest BCUT2D eigenvalue weighted by molar-refractivity contribution is 0.413. The predicted molar refractivity (Wildman–Crippen MR) is 116 cm³/mol. The van der Waals surface area contributed by atoms with Crippen LogP contribution in [0.2, 0.25) is 0 Å². The van der Waals surface area contributed by atoms with Gasteiger partial charge in [-0.3, -0.25) is 0 Å². The highest BCUT2D eigenvalue weighted by Gasteiger charge is 2.27. The van der Waals surface area contributed by atoms with Crippen LogP contribution in [0, 0.1) is 13.8 Å². The lowest BCUT2D eigenvalue weighted by atomic mass is 9.88. The minimum Gasteiger partial charge on any atom is -0.495 e. The number of imidazole rings is 1. The van der Waals surface area contributed by atoms with Gasteiger partial charge in [-0.15, -0.1) is 0 Å². The molecule has 0 amide bonds. The number of aryl methyl sites for hydroxylation is 3. The summed E-state index contributed by atoms with van der Waals surface area (Å²) in [5.41, 5.74) is 5.52. The summed E-state index contributed by atoms with van der Waals surface area (Å²) in [5.74, 6) is 2.86. The third kappa shape index (κ3) is 3.18. The molecule has 2 aromatic heterocycles. The highest BCUT2D eigenvalue weighted by molar-refractivity contribution is 5.63. The summed E-state index contributed by atoms with van der Waals surface area (Å²) in [7, 11) is 1.69. The van der Waals surface area contributed by atoms with Crippen molar-refractivity contribution in [3.8, 4) is 22.8 Å². The molecule has 30 heavy (non-hydrogen) atoms. The highest BCUT2D eigenvalue weighted by Crippen LogP contribution is 2.36. The van der Waals surface area contributed by atoms with Gasteiger partial charge in [0.05, 0.1) is 24.8 Å².